The summed E-state index contributed by atoms with van der Waals surface area (Å²) in [5.41, 5.74) is 1.50. The normalized spacial score (nSPS) is 21.5. The summed E-state index contributed by atoms with van der Waals surface area (Å²) in [4.78, 5) is 19.6. The number of aromatic amines is 1. The molecule has 5 rings (SSSR count). The van der Waals surface area contributed by atoms with Gasteiger partial charge in [0.1, 0.15) is 17.5 Å². The Morgan fingerprint density at radius 2 is 1.81 bits per heavy atom. The number of hydrogen-bond donors (Lipinski definition) is 1. The molecular weight excluding hydrogens is 346 g/mol. The van der Waals surface area contributed by atoms with E-state index in [1.54, 1.807) is 6.20 Å². The maximum atomic E-state index is 11.1. The second-order valence-electron chi connectivity index (χ2n) is 7.11. The Morgan fingerprint density at radius 1 is 1.00 bits per heavy atom. The van der Waals surface area contributed by atoms with Crippen molar-refractivity contribution in [3.8, 4) is 23.1 Å². The van der Waals surface area contributed by atoms with Crippen LogP contribution in [0.3, 0.4) is 0 Å². The van der Waals surface area contributed by atoms with Gasteiger partial charge in [-0.15, -0.1) is 0 Å². The second kappa shape index (κ2) is 6.57. The summed E-state index contributed by atoms with van der Waals surface area (Å²) in [7, 11) is 0. The molecule has 1 N–H and O–H groups in total. The van der Waals surface area contributed by atoms with Gasteiger partial charge in [0.15, 0.2) is 5.76 Å². The molecule has 2 fully saturated rings. The first-order valence-corrected chi connectivity index (χ1v) is 9.17. The van der Waals surface area contributed by atoms with Crippen LogP contribution in [0.25, 0.3) is 11.5 Å². The fourth-order valence-corrected chi connectivity index (χ4v) is 3.22. The molecular formula is C20H19N3O4. The van der Waals surface area contributed by atoms with E-state index in [0.717, 1.165) is 18.6 Å². The summed E-state index contributed by atoms with van der Waals surface area (Å²) >= 11 is 0. The molecule has 2 aliphatic carbocycles. The molecule has 2 heterocycles. The lowest BCUT2D eigenvalue weighted by Crippen LogP contribution is -2.32. The summed E-state index contributed by atoms with van der Waals surface area (Å²) < 4.78 is 16.7. The van der Waals surface area contributed by atoms with E-state index in [1.165, 1.54) is 30.7 Å². The SMILES string of the molecule is O=c1cc(-c2cnc(OC3CC(c4ccc(OC5CC5)cc4)C3)cn2)o[nH]1. The van der Waals surface area contributed by atoms with Gasteiger partial charge in [0.2, 0.25) is 5.88 Å². The molecule has 0 saturated heterocycles. The Hall–Kier alpha value is -3.09. The fourth-order valence-electron chi connectivity index (χ4n) is 3.22. The van der Waals surface area contributed by atoms with Crippen LogP contribution in [0.5, 0.6) is 11.6 Å². The molecule has 0 aliphatic heterocycles. The lowest BCUT2D eigenvalue weighted by Gasteiger charge is -2.35. The third-order valence-corrected chi connectivity index (χ3v) is 4.97. The van der Waals surface area contributed by atoms with Gasteiger partial charge >= 0.3 is 0 Å². The average molecular weight is 365 g/mol. The third kappa shape index (κ3) is 3.58. The highest BCUT2D eigenvalue weighted by molar-refractivity contribution is 5.49. The quantitative estimate of drug-likeness (QED) is 0.721. The van der Waals surface area contributed by atoms with Gasteiger partial charge in [-0.25, -0.2) is 9.97 Å². The Bertz CT molecular complexity index is 967. The number of rotatable bonds is 6. The van der Waals surface area contributed by atoms with Gasteiger partial charge in [-0.1, -0.05) is 12.1 Å². The van der Waals surface area contributed by atoms with E-state index in [4.69, 9.17) is 14.0 Å². The van der Waals surface area contributed by atoms with Gasteiger partial charge in [-0.05, 0) is 49.3 Å². The smallest absolute Gasteiger partial charge is 0.280 e. The van der Waals surface area contributed by atoms with E-state index in [0.29, 0.717) is 29.4 Å². The van der Waals surface area contributed by atoms with E-state index in [1.807, 2.05) is 0 Å². The molecule has 0 unspecified atom stereocenters. The van der Waals surface area contributed by atoms with Crippen LogP contribution in [0.15, 0.2) is 52.0 Å². The van der Waals surface area contributed by atoms with Crippen LogP contribution >= 0.6 is 0 Å². The number of nitrogens with zero attached hydrogens (tertiary/aromatic N) is 2. The predicted molar refractivity (Wildman–Crippen MR) is 96.8 cm³/mol. The summed E-state index contributed by atoms with van der Waals surface area (Å²) in [6, 6.07) is 9.76. The minimum absolute atomic E-state index is 0.141. The number of ether oxygens (including phenoxy) is 2. The number of aromatic nitrogens is 3. The van der Waals surface area contributed by atoms with Crippen molar-refractivity contribution in [3.05, 3.63) is 58.6 Å². The minimum atomic E-state index is -0.306. The van der Waals surface area contributed by atoms with Crippen LogP contribution < -0.4 is 15.0 Å². The van der Waals surface area contributed by atoms with Crippen molar-refractivity contribution in [2.24, 2.45) is 0 Å². The Balaban J connectivity index is 1.15. The van der Waals surface area contributed by atoms with Crippen LogP contribution in [0.4, 0.5) is 0 Å². The van der Waals surface area contributed by atoms with Gasteiger partial charge in [0.25, 0.3) is 5.56 Å². The molecule has 2 aromatic heterocycles. The van der Waals surface area contributed by atoms with Crippen molar-refractivity contribution in [1.29, 1.82) is 0 Å². The van der Waals surface area contributed by atoms with Gasteiger partial charge in [-0.2, -0.15) is 5.16 Å². The zero-order valence-electron chi connectivity index (χ0n) is 14.6. The molecule has 0 spiro atoms. The second-order valence-corrected chi connectivity index (χ2v) is 7.11. The highest BCUT2D eigenvalue weighted by Crippen LogP contribution is 2.39. The molecule has 3 aromatic rings. The van der Waals surface area contributed by atoms with Crippen LogP contribution in [-0.2, 0) is 0 Å². The molecule has 2 aliphatic rings. The topological polar surface area (TPSA) is 90.2 Å². The molecule has 0 bridgehead atoms. The highest BCUT2D eigenvalue weighted by atomic mass is 16.5. The maximum absolute atomic E-state index is 11.1. The van der Waals surface area contributed by atoms with Crippen LogP contribution in [0.2, 0.25) is 0 Å². The number of nitrogens with one attached hydrogen (secondary N) is 1. The van der Waals surface area contributed by atoms with Crippen molar-refractivity contribution in [2.75, 3.05) is 0 Å². The Kier molecular flexibility index (Phi) is 3.92. The first-order valence-electron chi connectivity index (χ1n) is 9.17. The molecule has 138 valence electrons. The number of H-pyrrole nitrogens is 1. The van der Waals surface area contributed by atoms with Crippen molar-refractivity contribution in [1.82, 2.24) is 15.1 Å². The summed E-state index contributed by atoms with van der Waals surface area (Å²) in [6.07, 6.45) is 7.92. The Labute approximate surface area is 155 Å². The van der Waals surface area contributed by atoms with Crippen LogP contribution in [0, 0.1) is 0 Å². The van der Waals surface area contributed by atoms with E-state index in [9.17, 15) is 4.79 Å². The predicted octanol–water partition coefficient (Wildman–Crippen LogP) is 3.29. The standard InChI is InChI=1S/C20H19N3O4/c24-19-9-18(27-23-19)17-10-22-20(11-21-17)26-16-7-13(8-16)12-1-3-14(4-2-12)25-15-5-6-15/h1-4,9-11,13,15-16H,5-8H2,(H,23,24). The van der Waals surface area contributed by atoms with Crippen molar-refractivity contribution < 1.29 is 14.0 Å². The number of hydrogen-bond acceptors (Lipinski definition) is 6. The van der Waals surface area contributed by atoms with E-state index < -0.39 is 0 Å². The fraction of sp³-hybridized carbons (Fsp3) is 0.350. The van der Waals surface area contributed by atoms with Gasteiger partial charge in [0.05, 0.1) is 24.6 Å². The van der Waals surface area contributed by atoms with E-state index >= 15 is 0 Å². The van der Waals surface area contributed by atoms with Crippen LogP contribution in [-0.4, -0.2) is 27.3 Å². The molecule has 2 saturated carbocycles. The average Bonchev–Trinajstić information content (AvgIpc) is 3.37. The van der Waals surface area contributed by atoms with Gasteiger partial charge in [-0.3, -0.25) is 4.79 Å². The van der Waals surface area contributed by atoms with E-state index in [2.05, 4.69) is 39.4 Å². The highest BCUT2D eigenvalue weighted by Gasteiger charge is 2.32. The summed E-state index contributed by atoms with van der Waals surface area (Å²) in [5, 5.41) is 2.23. The monoisotopic (exact) mass is 365 g/mol. The first-order chi connectivity index (χ1) is 13.2. The lowest BCUT2D eigenvalue weighted by molar-refractivity contribution is 0.0931. The number of benzene rings is 1. The molecule has 0 amide bonds. The van der Waals surface area contributed by atoms with Crippen LogP contribution in [0.1, 0.15) is 37.2 Å². The molecule has 0 radical (unpaired) electrons. The van der Waals surface area contributed by atoms with Gasteiger partial charge in [0, 0.05) is 0 Å². The third-order valence-electron chi connectivity index (χ3n) is 4.97. The molecule has 7 nitrogen and oxygen atoms in total. The largest absolute Gasteiger partial charge is 0.490 e. The maximum Gasteiger partial charge on any atom is 0.280 e. The van der Waals surface area contributed by atoms with Crippen molar-refractivity contribution in [3.63, 3.8) is 0 Å². The Morgan fingerprint density at radius 3 is 2.44 bits per heavy atom. The zero-order chi connectivity index (χ0) is 18.2. The lowest BCUT2D eigenvalue weighted by atomic mass is 9.77. The summed E-state index contributed by atoms with van der Waals surface area (Å²) in [5.74, 6) is 2.30. The molecule has 0 atom stereocenters. The summed E-state index contributed by atoms with van der Waals surface area (Å²) in [6.45, 7) is 0. The molecule has 1 aromatic carbocycles. The van der Waals surface area contributed by atoms with E-state index in [-0.39, 0.29) is 11.7 Å². The van der Waals surface area contributed by atoms with Gasteiger partial charge < -0.3 is 14.0 Å². The van der Waals surface area contributed by atoms with Crippen molar-refractivity contribution >= 4 is 0 Å². The molecule has 7 heteroatoms. The van der Waals surface area contributed by atoms with Crippen molar-refractivity contribution in [2.45, 2.75) is 43.8 Å². The molecule has 27 heavy (non-hydrogen) atoms. The first kappa shape index (κ1) is 16.1. The zero-order valence-corrected chi connectivity index (χ0v) is 14.6. The minimum Gasteiger partial charge on any atom is -0.490 e.